The molecule has 6 nitrogen and oxygen atoms in total. The van der Waals surface area contributed by atoms with E-state index in [1.54, 1.807) is 0 Å². The molecule has 32 heavy (non-hydrogen) atoms. The fraction of sp³-hybridized carbons (Fsp3) is 0.360. The standard InChI is InChI=1S/C25H28ClN5O/c1-14-15(6-5-9-18(14)25(28)11-12-25)16-7-4-8-17(20(16)26)22-21-19(10-13-30(22)2)31(3)24(29-21)23(27)32/h4-9,22H,10-13,28H2,1-3H3,(H2,27,32). The summed E-state index contributed by atoms with van der Waals surface area (Å²) in [5.74, 6) is -0.241. The Labute approximate surface area is 193 Å². The molecular formula is C25H28ClN5O. The highest BCUT2D eigenvalue weighted by Gasteiger charge is 2.41. The van der Waals surface area contributed by atoms with Crippen LogP contribution >= 0.6 is 11.6 Å². The Morgan fingerprint density at radius 2 is 1.84 bits per heavy atom. The van der Waals surface area contributed by atoms with Crippen molar-refractivity contribution in [3.05, 3.63) is 75.3 Å². The van der Waals surface area contributed by atoms with Crippen LogP contribution in [0.4, 0.5) is 0 Å². The summed E-state index contributed by atoms with van der Waals surface area (Å²) in [4.78, 5) is 18.8. The molecule has 5 rings (SSSR count). The van der Waals surface area contributed by atoms with Crippen molar-refractivity contribution in [2.45, 2.75) is 37.8 Å². The zero-order valence-electron chi connectivity index (χ0n) is 18.7. The molecule has 0 saturated heterocycles. The normalized spacial score (nSPS) is 19.6. The van der Waals surface area contributed by atoms with E-state index in [1.165, 1.54) is 11.1 Å². The molecular weight excluding hydrogens is 422 g/mol. The smallest absolute Gasteiger partial charge is 0.284 e. The van der Waals surface area contributed by atoms with E-state index in [0.29, 0.717) is 5.02 Å². The lowest BCUT2D eigenvalue weighted by atomic mass is 9.89. The van der Waals surface area contributed by atoms with Crippen molar-refractivity contribution in [3.8, 4) is 11.1 Å². The van der Waals surface area contributed by atoms with Crippen LogP contribution in [0.2, 0.25) is 5.02 Å². The number of carbonyl (C=O) groups excluding carboxylic acids is 1. The first-order valence-corrected chi connectivity index (χ1v) is 11.3. The lowest BCUT2D eigenvalue weighted by molar-refractivity contribution is 0.0987. The number of nitrogens with zero attached hydrogens (tertiary/aromatic N) is 3. The second kappa shape index (κ2) is 7.44. The van der Waals surface area contributed by atoms with Gasteiger partial charge in [-0.15, -0.1) is 0 Å². The molecule has 0 radical (unpaired) electrons. The molecule has 4 N–H and O–H groups in total. The van der Waals surface area contributed by atoms with Crippen LogP contribution in [0.5, 0.6) is 0 Å². The largest absolute Gasteiger partial charge is 0.363 e. The first kappa shape index (κ1) is 21.2. The van der Waals surface area contributed by atoms with Crippen molar-refractivity contribution in [3.63, 3.8) is 0 Å². The number of halogens is 1. The van der Waals surface area contributed by atoms with E-state index in [-0.39, 0.29) is 17.4 Å². The van der Waals surface area contributed by atoms with Gasteiger partial charge in [-0.2, -0.15) is 0 Å². The molecule has 0 bridgehead atoms. The number of nitrogens with two attached hydrogens (primary N) is 2. The molecule has 2 aliphatic rings. The summed E-state index contributed by atoms with van der Waals surface area (Å²) in [7, 11) is 3.91. The van der Waals surface area contributed by atoms with E-state index in [4.69, 9.17) is 23.1 Å². The van der Waals surface area contributed by atoms with Crippen LogP contribution in [0.25, 0.3) is 11.1 Å². The minimum absolute atomic E-state index is 0.154. The first-order chi connectivity index (χ1) is 15.2. The second-order valence-electron chi connectivity index (χ2n) is 9.17. The topological polar surface area (TPSA) is 90.2 Å². The zero-order chi connectivity index (χ0) is 22.8. The van der Waals surface area contributed by atoms with Gasteiger partial charge in [0, 0.05) is 36.8 Å². The van der Waals surface area contributed by atoms with Crippen LogP contribution in [0.15, 0.2) is 36.4 Å². The molecule has 2 aromatic carbocycles. The third-order valence-electron chi connectivity index (χ3n) is 7.14. The maximum Gasteiger partial charge on any atom is 0.284 e. The lowest BCUT2D eigenvalue weighted by Gasteiger charge is -2.33. The number of rotatable bonds is 4. The Hall–Kier alpha value is -2.67. The zero-order valence-corrected chi connectivity index (χ0v) is 19.4. The molecule has 1 aromatic heterocycles. The van der Waals surface area contributed by atoms with Gasteiger partial charge >= 0.3 is 0 Å². The van der Waals surface area contributed by atoms with E-state index in [1.807, 2.05) is 23.7 Å². The molecule has 1 aliphatic heterocycles. The predicted octanol–water partition coefficient (Wildman–Crippen LogP) is 3.67. The van der Waals surface area contributed by atoms with Gasteiger partial charge in [0.1, 0.15) is 0 Å². The molecule has 3 aromatic rings. The van der Waals surface area contributed by atoms with Gasteiger partial charge in [0.05, 0.1) is 16.8 Å². The number of amides is 1. The van der Waals surface area contributed by atoms with Gasteiger partial charge in [0.25, 0.3) is 5.91 Å². The molecule has 166 valence electrons. The summed E-state index contributed by atoms with van der Waals surface area (Å²) in [6.45, 7) is 2.96. The monoisotopic (exact) mass is 449 g/mol. The Morgan fingerprint density at radius 3 is 2.53 bits per heavy atom. The predicted molar refractivity (Wildman–Crippen MR) is 127 cm³/mol. The number of benzene rings is 2. The van der Waals surface area contributed by atoms with Crippen molar-refractivity contribution < 1.29 is 4.79 Å². The van der Waals surface area contributed by atoms with Gasteiger partial charge in [-0.1, -0.05) is 48.0 Å². The Morgan fingerprint density at radius 1 is 1.16 bits per heavy atom. The van der Waals surface area contributed by atoms with Crippen LogP contribution in [-0.2, 0) is 19.0 Å². The number of hydrogen-bond acceptors (Lipinski definition) is 4. The van der Waals surface area contributed by atoms with Crippen molar-refractivity contribution in [1.82, 2.24) is 14.5 Å². The van der Waals surface area contributed by atoms with Gasteiger partial charge in [0.15, 0.2) is 5.82 Å². The first-order valence-electron chi connectivity index (χ1n) is 11.0. The summed E-state index contributed by atoms with van der Waals surface area (Å²) in [6, 6.07) is 12.3. The van der Waals surface area contributed by atoms with E-state index in [0.717, 1.165) is 53.9 Å². The fourth-order valence-electron chi connectivity index (χ4n) is 5.13. The number of fused-ring (bicyclic) bond motifs is 1. The molecule has 1 amide bonds. The van der Waals surface area contributed by atoms with Gasteiger partial charge in [-0.3, -0.25) is 9.69 Å². The van der Waals surface area contributed by atoms with Crippen LogP contribution < -0.4 is 11.5 Å². The van der Waals surface area contributed by atoms with Crippen LogP contribution in [-0.4, -0.2) is 34.0 Å². The number of carbonyl (C=O) groups is 1. The van der Waals surface area contributed by atoms with Gasteiger partial charge in [0.2, 0.25) is 0 Å². The highest BCUT2D eigenvalue weighted by Crippen LogP contribution is 2.47. The molecule has 1 atom stereocenters. The Kier molecular flexibility index (Phi) is 4.93. The Balaban J connectivity index is 1.65. The van der Waals surface area contributed by atoms with Crippen molar-refractivity contribution in [1.29, 1.82) is 0 Å². The van der Waals surface area contributed by atoms with Crippen molar-refractivity contribution in [2.24, 2.45) is 18.5 Å². The summed E-state index contributed by atoms with van der Waals surface area (Å²) in [5.41, 5.74) is 19.2. The Bertz CT molecular complexity index is 1240. The summed E-state index contributed by atoms with van der Waals surface area (Å²) < 4.78 is 1.82. The average molecular weight is 450 g/mol. The summed E-state index contributed by atoms with van der Waals surface area (Å²) >= 11 is 7.09. The number of aromatic nitrogens is 2. The fourth-order valence-corrected chi connectivity index (χ4v) is 5.46. The molecule has 1 unspecified atom stereocenters. The van der Waals surface area contributed by atoms with Crippen molar-refractivity contribution in [2.75, 3.05) is 13.6 Å². The van der Waals surface area contributed by atoms with E-state index < -0.39 is 5.91 Å². The van der Waals surface area contributed by atoms with E-state index in [9.17, 15) is 4.79 Å². The number of hydrogen-bond donors (Lipinski definition) is 2. The quantitative estimate of drug-likeness (QED) is 0.635. The van der Waals surface area contributed by atoms with Crippen LogP contribution in [0.1, 0.15) is 57.6 Å². The van der Waals surface area contributed by atoms with E-state index in [2.05, 4.69) is 48.1 Å². The molecule has 1 fully saturated rings. The highest BCUT2D eigenvalue weighted by molar-refractivity contribution is 6.34. The SMILES string of the molecule is Cc1c(-c2cccc(C3c4nc(C(N)=O)n(C)c4CCN3C)c2Cl)cccc1C1(N)CC1. The number of likely N-dealkylation sites (N-methyl/N-ethyl adjacent to an activating group) is 1. The van der Waals surface area contributed by atoms with Crippen LogP contribution in [0, 0.1) is 6.92 Å². The molecule has 7 heteroatoms. The molecule has 2 heterocycles. The number of imidazole rings is 1. The molecule has 1 saturated carbocycles. The second-order valence-corrected chi connectivity index (χ2v) is 9.54. The highest BCUT2D eigenvalue weighted by atomic mass is 35.5. The van der Waals surface area contributed by atoms with Crippen LogP contribution in [0.3, 0.4) is 0 Å². The lowest BCUT2D eigenvalue weighted by Crippen LogP contribution is -2.33. The van der Waals surface area contributed by atoms with Gasteiger partial charge in [-0.25, -0.2) is 4.98 Å². The van der Waals surface area contributed by atoms with Gasteiger partial charge < -0.3 is 16.0 Å². The van der Waals surface area contributed by atoms with Crippen molar-refractivity contribution >= 4 is 17.5 Å². The average Bonchev–Trinajstić information content (AvgIpc) is 3.41. The molecule has 0 spiro atoms. The summed E-state index contributed by atoms with van der Waals surface area (Å²) in [6.07, 6.45) is 2.83. The van der Waals surface area contributed by atoms with E-state index >= 15 is 0 Å². The minimum Gasteiger partial charge on any atom is -0.363 e. The molecule has 1 aliphatic carbocycles. The minimum atomic E-state index is -0.522. The summed E-state index contributed by atoms with van der Waals surface area (Å²) in [5, 5.41) is 0.700. The third kappa shape index (κ3) is 3.17. The maximum atomic E-state index is 11.9. The van der Waals surface area contributed by atoms with Gasteiger partial charge in [-0.05, 0) is 49.1 Å². The maximum absolute atomic E-state index is 11.9. The number of primary amides is 1. The third-order valence-corrected chi connectivity index (χ3v) is 7.56.